The summed E-state index contributed by atoms with van der Waals surface area (Å²) in [5, 5.41) is 10.2. The molecule has 2 aromatic rings. The van der Waals surface area contributed by atoms with E-state index in [0.717, 1.165) is 21.2 Å². The van der Waals surface area contributed by atoms with Crippen molar-refractivity contribution in [3.05, 3.63) is 29.8 Å². The molecule has 7 nitrogen and oxygen atoms in total. The van der Waals surface area contributed by atoms with E-state index in [1.165, 1.54) is 7.05 Å². The average molecular weight is 368 g/mol. The summed E-state index contributed by atoms with van der Waals surface area (Å²) in [4.78, 5) is 11.7. The van der Waals surface area contributed by atoms with Crippen LogP contribution in [0.3, 0.4) is 0 Å². The van der Waals surface area contributed by atoms with Crippen molar-refractivity contribution < 1.29 is 13.2 Å². The minimum Gasteiger partial charge on any atom is -0.300 e. The third-order valence-electron chi connectivity index (χ3n) is 3.19. The smallest absolute Gasteiger partial charge is 0.293 e. The van der Waals surface area contributed by atoms with Crippen LogP contribution in [0.25, 0.3) is 0 Å². The Balaban J connectivity index is 2.20. The fourth-order valence-electron chi connectivity index (χ4n) is 1.99. The van der Waals surface area contributed by atoms with Gasteiger partial charge in [-0.15, -0.1) is 10.2 Å². The third kappa shape index (κ3) is 4.30. The number of aryl methyl sites for hydroxylation is 1. The minimum atomic E-state index is -3.82. The summed E-state index contributed by atoms with van der Waals surface area (Å²) in [5.74, 6) is -0.00860. The summed E-state index contributed by atoms with van der Waals surface area (Å²) in [7, 11) is -2.36. The number of sulfonamides is 1. The van der Waals surface area contributed by atoms with E-state index >= 15 is 0 Å². The van der Waals surface area contributed by atoms with Crippen LogP contribution in [0.1, 0.15) is 25.8 Å². The van der Waals surface area contributed by atoms with Crippen LogP contribution in [0.15, 0.2) is 28.6 Å². The van der Waals surface area contributed by atoms with Gasteiger partial charge in [0.2, 0.25) is 11.0 Å². The maximum absolute atomic E-state index is 12.6. The summed E-state index contributed by atoms with van der Waals surface area (Å²) in [6.07, 6.45) is 0.338. The lowest BCUT2D eigenvalue weighted by atomic mass is 10.1. The molecule has 0 spiro atoms. The normalized spacial score (nSPS) is 11.5. The summed E-state index contributed by atoms with van der Waals surface area (Å²) in [5.41, 5.74) is 1.49. The van der Waals surface area contributed by atoms with Crippen LogP contribution in [-0.2, 0) is 14.8 Å². The molecule has 2 rings (SSSR count). The molecule has 24 heavy (non-hydrogen) atoms. The quantitative estimate of drug-likeness (QED) is 0.791. The van der Waals surface area contributed by atoms with Gasteiger partial charge in [0.15, 0.2) is 0 Å². The molecule has 130 valence electrons. The second-order valence-corrected chi connectivity index (χ2v) is 8.95. The van der Waals surface area contributed by atoms with Crippen LogP contribution >= 0.6 is 11.3 Å². The summed E-state index contributed by atoms with van der Waals surface area (Å²) >= 11 is 0.839. The van der Waals surface area contributed by atoms with Crippen LogP contribution in [-0.4, -0.2) is 31.6 Å². The van der Waals surface area contributed by atoms with E-state index in [2.05, 4.69) is 15.5 Å². The van der Waals surface area contributed by atoms with Gasteiger partial charge in [0.25, 0.3) is 14.4 Å². The maximum atomic E-state index is 12.6. The van der Waals surface area contributed by atoms with E-state index in [1.54, 1.807) is 18.2 Å². The first-order chi connectivity index (χ1) is 11.2. The summed E-state index contributed by atoms with van der Waals surface area (Å²) in [6, 6.07) is 7.15. The second kappa shape index (κ2) is 7.27. The zero-order valence-corrected chi connectivity index (χ0v) is 15.6. The molecule has 1 N–H and O–H groups in total. The lowest BCUT2D eigenvalue weighted by molar-refractivity contribution is -0.116. The van der Waals surface area contributed by atoms with Crippen molar-refractivity contribution in [1.29, 1.82) is 0 Å². The highest BCUT2D eigenvalue weighted by molar-refractivity contribution is 7.94. The van der Waals surface area contributed by atoms with Crippen LogP contribution < -0.4 is 9.62 Å². The van der Waals surface area contributed by atoms with E-state index in [9.17, 15) is 13.2 Å². The molecule has 0 fully saturated rings. The number of anilines is 2. The van der Waals surface area contributed by atoms with Crippen LogP contribution in [0.5, 0.6) is 0 Å². The van der Waals surface area contributed by atoms with Crippen molar-refractivity contribution in [3.8, 4) is 0 Å². The van der Waals surface area contributed by atoms with Crippen LogP contribution in [0.4, 0.5) is 10.8 Å². The topological polar surface area (TPSA) is 92.3 Å². The number of hydrogen-bond acceptors (Lipinski definition) is 6. The Morgan fingerprint density at radius 3 is 2.67 bits per heavy atom. The van der Waals surface area contributed by atoms with Crippen molar-refractivity contribution in [2.24, 2.45) is 5.92 Å². The highest BCUT2D eigenvalue weighted by Gasteiger charge is 2.26. The van der Waals surface area contributed by atoms with Gasteiger partial charge in [0.05, 0.1) is 5.69 Å². The third-order valence-corrected chi connectivity index (χ3v) is 6.16. The fraction of sp³-hybridized carbons (Fsp3) is 0.400. The zero-order chi connectivity index (χ0) is 17.9. The van der Waals surface area contributed by atoms with Crippen molar-refractivity contribution in [2.45, 2.75) is 31.5 Å². The number of aromatic nitrogens is 2. The van der Waals surface area contributed by atoms with E-state index in [4.69, 9.17) is 0 Å². The molecule has 0 aliphatic rings. The van der Waals surface area contributed by atoms with Gasteiger partial charge in [-0.3, -0.25) is 9.10 Å². The molecule has 9 heteroatoms. The first-order valence-corrected chi connectivity index (χ1v) is 9.64. The van der Waals surface area contributed by atoms with E-state index < -0.39 is 10.0 Å². The van der Waals surface area contributed by atoms with Crippen molar-refractivity contribution >= 4 is 38.1 Å². The van der Waals surface area contributed by atoms with E-state index in [-0.39, 0.29) is 21.3 Å². The number of amides is 1. The maximum Gasteiger partial charge on any atom is 0.293 e. The average Bonchev–Trinajstić information content (AvgIpc) is 2.94. The predicted octanol–water partition coefficient (Wildman–Crippen LogP) is 2.66. The molecule has 1 heterocycles. The van der Waals surface area contributed by atoms with Gasteiger partial charge in [0, 0.05) is 13.5 Å². The molecular formula is C15H20N4O3S2. The number of hydrogen-bond donors (Lipinski definition) is 1. The van der Waals surface area contributed by atoms with E-state index in [0.29, 0.717) is 12.1 Å². The summed E-state index contributed by atoms with van der Waals surface area (Å²) in [6.45, 7) is 5.73. The summed E-state index contributed by atoms with van der Waals surface area (Å²) < 4.78 is 26.3. The number of benzene rings is 1. The molecule has 1 amide bonds. The predicted molar refractivity (Wildman–Crippen MR) is 94.8 cm³/mol. The molecule has 1 aromatic carbocycles. The Kier molecular flexibility index (Phi) is 5.55. The molecule has 0 aliphatic heterocycles. The Morgan fingerprint density at radius 2 is 2.04 bits per heavy atom. The Labute approximate surface area is 145 Å². The minimum absolute atomic E-state index is 0.161. The molecule has 0 bridgehead atoms. The van der Waals surface area contributed by atoms with Gasteiger partial charge in [0.1, 0.15) is 0 Å². The monoisotopic (exact) mass is 368 g/mol. The van der Waals surface area contributed by atoms with Gasteiger partial charge < -0.3 is 5.32 Å². The number of carbonyl (C=O) groups excluding carboxylic acids is 1. The molecule has 0 saturated heterocycles. The van der Waals surface area contributed by atoms with Gasteiger partial charge in [-0.2, -0.15) is 8.42 Å². The molecule has 0 atom stereocenters. The zero-order valence-electron chi connectivity index (χ0n) is 14.0. The number of nitrogens with zero attached hydrogens (tertiary/aromatic N) is 3. The standard InChI is InChI=1S/C15H20N4O3S2/c1-10(2)8-13(20)16-14-17-18-15(23-14)24(21,22)19(4)12-7-5-6-11(3)9-12/h5-7,9-10H,8H2,1-4H3,(H,16,17,20). The SMILES string of the molecule is Cc1cccc(N(C)S(=O)(=O)c2nnc(NC(=O)CC(C)C)s2)c1. The number of rotatable bonds is 6. The Bertz CT molecular complexity index is 831. The Morgan fingerprint density at radius 1 is 1.33 bits per heavy atom. The van der Waals surface area contributed by atoms with Gasteiger partial charge in [-0.25, -0.2) is 0 Å². The molecule has 0 aliphatic carbocycles. The molecule has 0 saturated carbocycles. The van der Waals surface area contributed by atoms with Gasteiger partial charge >= 0.3 is 0 Å². The van der Waals surface area contributed by atoms with Crippen LogP contribution in [0, 0.1) is 12.8 Å². The second-order valence-electron chi connectivity index (χ2n) is 5.83. The molecule has 0 unspecified atom stereocenters. The lowest BCUT2D eigenvalue weighted by Crippen LogP contribution is -2.26. The van der Waals surface area contributed by atoms with Crippen LogP contribution in [0.2, 0.25) is 0 Å². The first-order valence-electron chi connectivity index (χ1n) is 7.39. The molecule has 1 aromatic heterocycles. The molecule has 0 radical (unpaired) electrons. The number of nitrogens with one attached hydrogen (secondary N) is 1. The van der Waals surface area contributed by atoms with Crippen molar-refractivity contribution in [2.75, 3.05) is 16.7 Å². The fourth-order valence-corrected chi connectivity index (χ4v) is 4.24. The Hall–Kier alpha value is -2.00. The number of carbonyl (C=O) groups is 1. The first kappa shape index (κ1) is 18.3. The highest BCUT2D eigenvalue weighted by atomic mass is 32.2. The van der Waals surface area contributed by atoms with E-state index in [1.807, 2.05) is 26.8 Å². The van der Waals surface area contributed by atoms with Crippen molar-refractivity contribution in [1.82, 2.24) is 10.2 Å². The highest BCUT2D eigenvalue weighted by Crippen LogP contribution is 2.26. The molecular weight excluding hydrogens is 348 g/mol. The van der Waals surface area contributed by atoms with Gasteiger partial charge in [-0.05, 0) is 30.5 Å². The largest absolute Gasteiger partial charge is 0.300 e. The lowest BCUT2D eigenvalue weighted by Gasteiger charge is -2.17. The van der Waals surface area contributed by atoms with Crippen molar-refractivity contribution in [3.63, 3.8) is 0 Å². The van der Waals surface area contributed by atoms with Gasteiger partial charge in [-0.1, -0.05) is 37.3 Å².